The number of nitrogens with zero attached hydrogens (tertiary/aromatic N) is 1. The van der Waals surface area contributed by atoms with E-state index in [9.17, 15) is 9.59 Å². The van der Waals surface area contributed by atoms with E-state index in [1.807, 2.05) is 25.1 Å². The molecule has 4 rings (SSSR count). The number of amides is 1. The average Bonchev–Trinajstić information content (AvgIpc) is 2.85. The topological polar surface area (TPSA) is 104 Å². The third-order valence-corrected chi connectivity index (χ3v) is 6.15. The van der Waals surface area contributed by atoms with E-state index < -0.39 is 0 Å². The highest BCUT2D eigenvalue weighted by atomic mass is 16.6. The standard InChI is InChI=1S/C27H31N3O4/c1-18-16-29-10-9-25(18)30-27(32)21-7-8-22(15-28)24(14-21)20-5-2-4-19(12-20)13-26(31)34-23-6-3-11-33-17-23/h4,7-10,12,14,16,23H,2-3,5-6,11,13,15,17,28H2,1H3,(H,29,30,32). The fourth-order valence-corrected chi connectivity index (χ4v) is 4.30. The zero-order chi connectivity index (χ0) is 23.9. The summed E-state index contributed by atoms with van der Waals surface area (Å²) in [4.78, 5) is 29.5. The second-order valence-electron chi connectivity index (χ2n) is 8.71. The number of pyridine rings is 1. The molecular weight excluding hydrogens is 430 g/mol. The molecule has 1 aliphatic heterocycles. The normalized spacial score (nSPS) is 18.0. The van der Waals surface area contributed by atoms with Crippen molar-refractivity contribution in [3.05, 3.63) is 76.6 Å². The number of esters is 1. The summed E-state index contributed by atoms with van der Waals surface area (Å²) in [5, 5.41) is 2.96. The number of hydrogen-bond donors (Lipinski definition) is 2. The number of nitrogens with one attached hydrogen (secondary N) is 1. The Kier molecular flexibility index (Phi) is 7.87. The van der Waals surface area contributed by atoms with E-state index in [-0.39, 0.29) is 24.4 Å². The first-order valence-electron chi connectivity index (χ1n) is 11.8. The van der Waals surface area contributed by atoms with Gasteiger partial charge in [0, 0.05) is 36.8 Å². The van der Waals surface area contributed by atoms with Crippen LogP contribution in [0.4, 0.5) is 5.69 Å². The number of benzene rings is 1. The number of aromatic nitrogens is 1. The second kappa shape index (κ2) is 11.2. The molecule has 1 aliphatic carbocycles. The molecule has 7 nitrogen and oxygen atoms in total. The minimum atomic E-state index is -0.237. The van der Waals surface area contributed by atoms with Crippen LogP contribution in [0, 0.1) is 6.92 Å². The molecule has 0 saturated carbocycles. The van der Waals surface area contributed by atoms with Gasteiger partial charge in [0.05, 0.1) is 13.0 Å². The monoisotopic (exact) mass is 461 g/mol. The number of rotatable bonds is 7. The number of aryl methyl sites for hydroxylation is 1. The summed E-state index contributed by atoms with van der Waals surface area (Å²) >= 11 is 0. The summed E-state index contributed by atoms with van der Waals surface area (Å²) in [6.07, 6.45) is 10.9. The lowest BCUT2D eigenvalue weighted by atomic mass is 9.89. The van der Waals surface area contributed by atoms with Crippen LogP contribution < -0.4 is 11.1 Å². The molecule has 0 bridgehead atoms. The lowest BCUT2D eigenvalue weighted by molar-refractivity contribution is -0.154. The summed E-state index contributed by atoms with van der Waals surface area (Å²) in [5.41, 5.74) is 12.1. The van der Waals surface area contributed by atoms with Crippen LogP contribution in [0.1, 0.15) is 59.2 Å². The Labute approximate surface area is 200 Å². The molecule has 2 heterocycles. The van der Waals surface area contributed by atoms with Crippen LogP contribution in [-0.2, 0) is 20.8 Å². The zero-order valence-electron chi connectivity index (χ0n) is 19.5. The van der Waals surface area contributed by atoms with Gasteiger partial charge in [0.15, 0.2) is 0 Å². The maximum Gasteiger partial charge on any atom is 0.310 e. The van der Waals surface area contributed by atoms with E-state index in [0.29, 0.717) is 18.7 Å². The van der Waals surface area contributed by atoms with Crippen LogP contribution >= 0.6 is 0 Å². The van der Waals surface area contributed by atoms with E-state index in [4.69, 9.17) is 15.2 Å². The van der Waals surface area contributed by atoms with Gasteiger partial charge >= 0.3 is 5.97 Å². The van der Waals surface area contributed by atoms with Gasteiger partial charge in [-0.15, -0.1) is 0 Å². The van der Waals surface area contributed by atoms with Gasteiger partial charge in [-0.2, -0.15) is 0 Å². The first kappa shape index (κ1) is 23.9. The molecule has 178 valence electrons. The number of carbonyl (C=O) groups is 2. The van der Waals surface area contributed by atoms with E-state index in [0.717, 1.165) is 65.8 Å². The lowest BCUT2D eigenvalue weighted by Crippen LogP contribution is -2.28. The molecule has 1 unspecified atom stereocenters. The summed E-state index contributed by atoms with van der Waals surface area (Å²) in [5.74, 6) is -0.427. The van der Waals surface area contributed by atoms with Crippen molar-refractivity contribution in [2.45, 2.75) is 51.7 Å². The molecule has 7 heteroatoms. The third kappa shape index (κ3) is 5.98. The van der Waals surface area contributed by atoms with Crippen molar-refractivity contribution in [3.8, 4) is 0 Å². The highest BCUT2D eigenvalue weighted by Gasteiger charge is 2.20. The molecule has 0 radical (unpaired) electrons. The number of carbonyl (C=O) groups excluding carboxylic acids is 2. The van der Waals surface area contributed by atoms with Crippen LogP contribution in [-0.4, -0.2) is 36.2 Å². The SMILES string of the molecule is Cc1cnccc1NC(=O)c1ccc(CN)c(C2=CC(CC(=O)OC3CCCOC3)=CCC2)c1. The Balaban J connectivity index is 1.50. The van der Waals surface area contributed by atoms with Crippen molar-refractivity contribution in [3.63, 3.8) is 0 Å². The second-order valence-corrected chi connectivity index (χ2v) is 8.71. The largest absolute Gasteiger partial charge is 0.460 e. The van der Waals surface area contributed by atoms with E-state index >= 15 is 0 Å². The Bertz CT molecular complexity index is 1120. The van der Waals surface area contributed by atoms with E-state index in [1.54, 1.807) is 24.5 Å². The number of ether oxygens (including phenoxy) is 2. The van der Waals surface area contributed by atoms with Gasteiger partial charge in [0.1, 0.15) is 6.10 Å². The molecular formula is C27H31N3O4. The fourth-order valence-electron chi connectivity index (χ4n) is 4.30. The molecule has 1 fully saturated rings. The van der Waals surface area contributed by atoms with Crippen molar-refractivity contribution in [1.82, 2.24) is 4.98 Å². The molecule has 2 aromatic rings. The molecule has 1 atom stereocenters. The molecule has 0 spiro atoms. The van der Waals surface area contributed by atoms with Gasteiger partial charge in [-0.1, -0.05) is 18.2 Å². The Morgan fingerprint density at radius 1 is 1.29 bits per heavy atom. The molecule has 1 amide bonds. The zero-order valence-corrected chi connectivity index (χ0v) is 19.5. The summed E-state index contributed by atoms with van der Waals surface area (Å²) < 4.78 is 11.0. The molecule has 1 aromatic heterocycles. The predicted molar refractivity (Wildman–Crippen MR) is 131 cm³/mol. The van der Waals surface area contributed by atoms with Crippen LogP contribution in [0.2, 0.25) is 0 Å². The van der Waals surface area contributed by atoms with Gasteiger partial charge < -0.3 is 20.5 Å². The fraction of sp³-hybridized carbons (Fsp3) is 0.370. The van der Waals surface area contributed by atoms with E-state index in [1.165, 1.54) is 0 Å². The first-order chi connectivity index (χ1) is 16.5. The van der Waals surface area contributed by atoms with Crippen molar-refractivity contribution in [1.29, 1.82) is 0 Å². The van der Waals surface area contributed by atoms with Crippen molar-refractivity contribution >= 4 is 23.1 Å². The number of anilines is 1. The molecule has 3 N–H and O–H groups in total. The average molecular weight is 462 g/mol. The highest BCUT2D eigenvalue weighted by Crippen LogP contribution is 2.31. The van der Waals surface area contributed by atoms with Crippen LogP contribution in [0.5, 0.6) is 0 Å². The van der Waals surface area contributed by atoms with Gasteiger partial charge in [-0.05, 0) is 78.6 Å². The van der Waals surface area contributed by atoms with Crippen molar-refractivity contribution in [2.75, 3.05) is 18.5 Å². The first-order valence-corrected chi connectivity index (χ1v) is 11.8. The Morgan fingerprint density at radius 3 is 2.94 bits per heavy atom. The molecule has 1 saturated heterocycles. The third-order valence-electron chi connectivity index (χ3n) is 6.15. The van der Waals surface area contributed by atoms with Gasteiger partial charge in [0.2, 0.25) is 0 Å². The smallest absolute Gasteiger partial charge is 0.310 e. The van der Waals surface area contributed by atoms with E-state index in [2.05, 4.69) is 16.4 Å². The van der Waals surface area contributed by atoms with Gasteiger partial charge in [0.25, 0.3) is 5.91 Å². The minimum absolute atomic E-state index is 0.156. The quantitative estimate of drug-likeness (QED) is 0.596. The van der Waals surface area contributed by atoms with Crippen LogP contribution in [0.3, 0.4) is 0 Å². The molecule has 1 aromatic carbocycles. The van der Waals surface area contributed by atoms with Crippen molar-refractivity contribution < 1.29 is 19.1 Å². The lowest BCUT2D eigenvalue weighted by Gasteiger charge is -2.23. The number of hydrogen-bond acceptors (Lipinski definition) is 6. The van der Waals surface area contributed by atoms with Gasteiger partial charge in [-0.25, -0.2) is 0 Å². The predicted octanol–water partition coefficient (Wildman–Crippen LogP) is 4.32. The number of nitrogens with two attached hydrogens (primary N) is 1. The highest BCUT2D eigenvalue weighted by molar-refractivity contribution is 6.05. The van der Waals surface area contributed by atoms with Crippen molar-refractivity contribution in [2.24, 2.45) is 5.73 Å². The molecule has 2 aliphatic rings. The maximum atomic E-state index is 12.9. The maximum absolute atomic E-state index is 12.9. The molecule has 34 heavy (non-hydrogen) atoms. The summed E-state index contributed by atoms with van der Waals surface area (Å²) in [7, 11) is 0. The summed E-state index contributed by atoms with van der Waals surface area (Å²) in [6.45, 7) is 3.47. The minimum Gasteiger partial charge on any atom is -0.460 e. The number of allylic oxidation sites excluding steroid dienone is 3. The van der Waals surface area contributed by atoms with Crippen LogP contribution in [0.25, 0.3) is 5.57 Å². The Morgan fingerprint density at radius 2 is 2.18 bits per heavy atom. The Hall–Kier alpha value is -3.29. The van der Waals surface area contributed by atoms with Crippen LogP contribution in [0.15, 0.2) is 54.4 Å². The summed E-state index contributed by atoms with van der Waals surface area (Å²) in [6, 6.07) is 7.36. The van der Waals surface area contributed by atoms with Gasteiger partial charge in [-0.3, -0.25) is 14.6 Å².